The van der Waals surface area contributed by atoms with Crippen LogP contribution in [0.15, 0.2) is 35.1 Å². The zero-order valence-electron chi connectivity index (χ0n) is 14.4. The lowest BCUT2D eigenvalue weighted by Crippen LogP contribution is -2.33. The normalized spacial score (nSPS) is 25.9. The third-order valence-electron chi connectivity index (χ3n) is 5.21. The van der Waals surface area contributed by atoms with Crippen molar-refractivity contribution in [2.45, 2.75) is 38.3 Å². The van der Waals surface area contributed by atoms with Crippen LogP contribution in [0, 0.1) is 5.92 Å². The first kappa shape index (κ1) is 16.1. The molecule has 3 unspecified atom stereocenters. The van der Waals surface area contributed by atoms with Gasteiger partial charge in [0.1, 0.15) is 5.82 Å². The lowest BCUT2D eigenvalue weighted by atomic mass is 9.77. The Morgan fingerprint density at radius 3 is 2.64 bits per heavy atom. The minimum absolute atomic E-state index is 0.0374. The van der Waals surface area contributed by atoms with E-state index < -0.39 is 0 Å². The Morgan fingerprint density at radius 2 is 1.92 bits per heavy atom. The van der Waals surface area contributed by atoms with E-state index in [0.29, 0.717) is 24.3 Å². The van der Waals surface area contributed by atoms with Crippen LogP contribution in [0.25, 0.3) is 0 Å². The number of aromatic nitrogens is 2. The predicted molar refractivity (Wildman–Crippen MR) is 95.2 cm³/mol. The number of benzene rings is 1. The highest BCUT2D eigenvalue weighted by Crippen LogP contribution is 2.42. The summed E-state index contributed by atoms with van der Waals surface area (Å²) >= 11 is 0. The van der Waals surface area contributed by atoms with Crippen molar-refractivity contribution in [2.24, 2.45) is 5.92 Å². The van der Waals surface area contributed by atoms with Gasteiger partial charge in [0.25, 0.3) is 5.56 Å². The highest BCUT2D eigenvalue weighted by molar-refractivity contribution is 5.93. The van der Waals surface area contributed by atoms with E-state index in [4.69, 9.17) is 0 Å². The molecule has 7 heteroatoms. The number of fused-ring (bicyclic) bond motifs is 1. The number of hydrogen-bond acceptors (Lipinski definition) is 4. The number of carbonyl (C=O) groups is 1. The SMILES string of the molecule is CC(C)n1[nH]c(=O)c2c1NC(=O)CC2C1CNNC1c1ccccc1. The summed E-state index contributed by atoms with van der Waals surface area (Å²) in [5, 5.41) is 5.78. The summed E-state index contributed by atoms with van der Waals surface area (Å²) in [5.74, 6) is 0.584. The first-order valence-electron chi connectivity index (χ1n) is 8.74. The van der Waals surface area contributed by atoms with Crippen LogP contribution in [-0.2, 0) is 4.79 Å². The molecule has 2 aliphatic heterocycles. The fourth-order valence-electron chi connectivity index (χ4n) is 4.05. The molecule has 1 aromatic heterocycles. The fraction of sp³-hybridized carbons (Fsp3) is 0.444. The number of anilines is 1. The second kappa shape index (κ2) is 6.16. The van der Waals surface area contributed by atoms with Gasteiger partial charge in [-0.2, -0.15) is 0 Å². The van der Waals surface area contributed by atoms with Crippen molar-refractivity contribution in [1.29, 1.82) is 0 Å². The van der Waals surface area contributed by atoms with Crippen LogP contribution in [0.3, 0.4) is 0 Å². The van der Waals surface area contributed by atoms with Gasteiger partial charge in [-0.05, 0) is 19.4 Å². The Bertz CT molecular complexity index is 839. The number of aromatic amines is 1. The number of H-pyrrole nitrogens is 1. The lowest BCUT2D eigenvalue weighted by molar-refractivity contribution is -0.117. The highest BCUT2D eigenvalue weighted by atomic mass is 16.2. The quantitative estimate of drug-likeness (QED) is 0.683. The van der Waals surface area contributed by atoms with E-state index in [1.807, 2.05) is 32.0 Å². The van der Waals surface area contributed by atoms with Crippen LogP contribution in [0.5, 0.6) is 0 Å². The fourth-order valence-corrected chi connectivity index (χ4v) is 4.05. The van der Waals surface area contributed by atoms with E-state index in [9.17, 15) is 9.59 Å². The summed E-state index contributed by atoms with van der Waals surface area (Å²) in [6, 6.07) is 10.3. The first-order valence-corrected chi connectivity index (χ1v) is 8.74. The van der Waals surface area contributed by atoms with E-state index in [0.717, 1.165) is 5.56 Å². The van der Waals surface area contributed by atoms with Gasteiger partial charge in [-0.25, -0.2) is 5.43 Å². The number of hydrazine groups is 1. The molecular weight excluding hydrogens is 318 g/mol. The van der Waals surface area contributed by atoms with Gasteiger partial charge in [0.05, 0.1) is 11.6 Å². The maximum Gasteiger partial charge on any atom is 0.269 e. The summed E-state index contributed by atoms with van der Waals surface area (Å²) in [7, 11) is 0. The average molecular weight is 341 g/mol. The molecule has 1 amide bonds. The molecule has 0 aliphatic carbocycles. The molecule has 3 atom stereocenters. The Balaban J connectivity index is 1.77. The zero-order chi connectivity index (χ0) is 17.6. The number of nitrogens with zero attached hydrogens (tertiary/aromatic N) is 1. The molecule has 0 radical (unpaired) electrons. The predicted octanol–water partition coefficient (Wildman–Crippen LogP) is 1.65. The zero-order valence-corrected chi connectivity index (χ0v) is 14.4. The molecule has 2 aliphatic rings. The van der Waals surface area contributed by atoms with Crippen molar-refractivity contribution < 1.29 is 4.79 Å². The molecule has 132 valence electrons. The van der Waals surface area contributed by atoms with Gasteiger partial charge in [-0.3, -0.25) is 24.8 Å². The third-order valence-corrected chi connectivity index (χ3v) is 5.21. The van der Waals surface area contributed by atoms with Crippen LogP contribution >= 0.6 is 0 Å². The molecule has 3 heterocycles. The molecule has 0 saturated carbocycles. The molecule has 25 heavy (non-hydrogen) atoms. The van der Waals surface area contributed by atoms with Gasteiger partial charge in [0.15, 0.2) is 0 Å². The summed E-state index contributed by atoms with van der Waals surface area (Å²) in [5.41, 5.74) is 8.28. The lowest BCUT2D eigenvalue weighted by Gasteiger charge is -2.30. The first-order chi connectivity index (χ1) is 12.1. The van der Waals surface area contributed by atoms with Crippen molar-refractivity contribution in [1.82, 2.24) is 20.6 Å². The topological polar surface area (TPSA) is 91.0 Å². The molecule has 0 bridgehead atoms. The van der Waals surface area contributed by atoms with Crippen LogP contribution in [0.2, 0.25) is 0 Å². The molecule has 0 spiro atoms. The van der Waals surface area contributed by atoms with Gasteiger partial charge >= 0.3 is 0 Å². The van der Waals surface area contributed by atoms with E-state index in [1.54, 1.807) is 4.68 Å². The Hall–Kier alpha value is -2.38. The summed E-state index contributed by atoms with van der Waals surface area (Å²) in [6.07, 6.45) is 0.329. The summed E-state index contributed by atoms with van der Waals surface area (Å²) < 4.78 is 1.76. The van der Waals surface area contributed by atoms with Crippen molar-refractivity contribution in [2.75, 3.05) is 11.9 Å². The molecule has 1 aromatic carbocycles. The van der Waals surface area contributed by atoms with Crippen LogP contribution < -0.4 is 21.7 Å². The molecule has 2 aromatic rings. The van der Waals surface area contributed by atoms with Crippen molar-refractivity contribution in [3.63, 3.8) is 0 Å². The Kier molecular flexibility index (Phi) is 3.97. The largest absolute Gasteiger partial charge is 0.311 e. The Labute approximate surface area is 145 Å². The van der Waals surface area contributed by atoms with E-state index >= 15 is 0 Å². The third kappa shape index (κ3) is 2.69. The maximum atomic E-state index is 12.6. The second-order valence-corrected chi connectivity index (χ2v) is 7.10. The number of nitrogens with one attached hydrogen (secondary N) is 4. The van der Waals surface area contributed by atoms with Gasteiger partial charge in [-0.1, -0.05) is 30.3 Å². The van der Waals surface area contributed by atoms with Crippen molar-refractivity contribution in [3.8, 4) is 0 Å². The number of carbonyl (C=O) groups excluding carboxylic acids is 1. The minimum atomic E-state index is -0.125. The molecule has 1 saturated heterocycles. The second-order valence-electron chi connectivity index (χ2n) is 7.10. The maximum absolute atomic E-state index is 12.6. The standard InChI is InChI=1S/C18H23N5O2/c1-10(2)23-17-15(18(25)22-23)12(8-14(24)20-17)13-9-19-21-16(13)11-6-4-3-5-7-11/h3-7,10,12-13,16,19,21H,8-9H2,1-2H3,(H,20,24)(H,22,25). The van der Waals surface area contributed by atoms with Gasteiger partial charge < -0.3 is 5.32 Å². The smallest absolute Gasteiger partial charge is 0.269 e. The van der Waals surface area contributed by atoms with Crippen LogP contribution in [0.1, 0.15) is 49.4 Å². The van der Waals surface area contributed by atoms with E-state index in [-0.39, 0.29) is 35.4 Å². The number of rotatable bonds is 3. The molecule has 4 rings (SSSR count). The molecule has 4 N–H and O–H groups in total. The van der Waals surface area contributed by atoms with E-state index in [2.05, 4.69) is 33.4 Å². The van der Waals surface area contributed by atoms with Gasteiger partial charge in [0, 0.05) is 30.8 Å². The number of hydrogen-bond donors (Lipinski definition) is 4. The summed E-state index contributed by atoms with van der Waals surface area (Å²) in [4.78, 5) is 25.0. The molecule has 7 nitrogen and oxygen atoms in total. The minimum Gasteiger partial charge on any atom is -0.311 e. The molecule has 1 fully saturated rings. The highest BCUT2D eigenvalue weighted by Gasteiger charge is 2.42. The van der Waals surface area contributed by atoms with Crippen molar-refractivity contribution in [3.05, 3.63) is 51.8 Å². The van der Waals surface area contributed by atoms with Gasteiger partial charge in [-0.15, -0.1) is 0 Å². The average Bonchev–Trinajstić information content (AvgIpc) is 3.20. The summed E-state index contributed by atoms with van der Waals surface area (Å²) in [6.45, 7) is 4.68. The van der Waals surface area contributed by atoms with Crippen molar-refractivity contribution >= 4 is 11.7 Å². The van der Waals surface area contributed by atoms with E-state index in [1.165, 1.54) is 0 Å². The van der Waals surface area contributed by atoms with Crippen LogP contribution in [0.4, 0.5) is 5.82 Å². The van der Waals surface area contributed by atoms with Gasteiger partial charge in [0.2, 0.25) is 5.91 Å². The monoisotopic (exact) mass is 341 g/mol. The molecular formula is C18H23N5O2. The number of amides is 1. The Morgan fingerprint density at radius 1 is 1.16 bits per heavy atom. The van der Waals surface area contributed by atoms with Crippen LogP contribution in [-0.4, -0.2) is 22.2 Å².